The van der Waals surface area contributed by atoms with Crippen LogP contribution in [0.5, 0.6) is 5.75 Å². The Morgan fingerprint density at radius 2 is 1.76 bits per heavy atom. The Kier molecular flexibility index (Phi) is 4.53. The van der Waals surface area contributed by atoms with Gasteiger partial charge in [-0.25, -0.2) is 8.42 Å². The van der Waals surface area contributed by atoms with Gasteiger partial charge in [-0.2, -0.15) is 0 Å². The molecule has 2 aromatic rings. The van der Waals surface area contributed by atoms with Crippen molar-refractivity contribution < 1.29 is 13.2 Å². The molecular weight excluding hydrogens is 286 g/mol. The number of hydrogen-bond acceptors (Lipinski definition) is 4. The number of hydrogen-bond donors (Lipinski definition) is 1. The first-order chi connectivity index (χ1) is 9.91. The Labute approximate surface area is 125 Å². The van der Waals surface area contributed by atoms with E-state index in [1.807, 2.05) is 30.3 Å². The Morgan fingerprint density at radius 3 is 2.38 bits per heavy atom. The van der Waals surface area contributed by atoms with Crippen LogP contribution in [0.3, 0.4) is 0 Å². The highest BCUT2D eigenvalue weighted by Gasteiger charge is 2.20. The molecule has 0 fully saturated rings. The second kappa shape index (κ2) is 6.18. The van der Waals surface area contributed by atoms with Crippen molar-refractivity contribution in [1.29, 1.82) is 0 Å². The van der Waals surface area contributed by atoms with E-state index in [-0.39, 0.29) is 4.90 Å². The third kappa shape index (κ3) is 3.55. The van der Waals surface area contributed by atoms with E-state index in [1.54, 1.807) is 19.9 Å². The van der Waals surface area contributed by atoms with Crippen molar-refractivity contribution in [2.45, 2.75) is 30.6 Å². The van der Waals surface area contributed by atoms with Gasteiger partial charge in [-0.05, 0) is 31.5 Å². The summed E-state index contributed by atoms with van der Waals surface area (Å²) in [5, 5.41) is -0.483. The summed E-state index contributed by atoms with van der Waals surface area (Å²) in [6.07, 6.45) is 0. The maximum absolute atomic E-state index is 12.2. The van der Waals surface area contributed by atoms with Crippen molar-refractivity contribution in [2.24, 2.45) is 0 Å². The van der Waals surface area contributed by atoms with Crippen LogP contribution in [0.25, 0.3) is 0 Å². The largest absolute Gasteiger partial charge is 0.487 e. The van der Waals surface area contributed by atoms with E-state index in [9.17, 15) is 8.42 Å². The second-order valence-electron chi connectivity index (χ2n) is 5.07. The van der Waals surface area contributed by atoms with Crippen LogP contribution in [-0.4, -0.2) is 13.7 Å². The third-order valence-electron chi connectivity index (χ3n) is 3.17. The van der Waals surface area contributed by atoms with Crippen LogP contribution >= 0.6 is 0 Å². The summed E-state index contributed by atoms with van der Waals surface area (Å²) in [4.78, 5) is 0.231. The van der Waals surface area contributed by atoms with Gasteiger partial charge in [-0.3, -0.25) is 0 Å². The zero-order valence-electron chi connectivity index (χ0n) is 12.1. The van der Waals surface area contributed by atoms with Gasteiger partial charge in [0.25, 0.3) is 0 Å². The molecular formula is C16H19NO3S. The fraction of sp³-hybridized carbons (Fsp3) is 0.250. The number of rotatable bonds is 5. The van der Waals surface area contributed by atoms with Gasteiger partial charge in [0.05, 0.1) is 15.8 Å². The molecule has 0 aliphatic heterocycles. The molecule has 0 saturated carbocycles. The molecule has 112 valence electrons. The highest BCUT2D eigenvalue weighted by Crippen LogP contribution is 2.27. The first-order valence-corrected chi connectivity index (χ1v) is 8.26. The Bertz CT molecular complexity index is 710. The van der Waals surface area contributed by atoms with E-state index >= 15 is 0 Å². The predicted molar refractivity (Wildman–Crippen MR) is 84.0 cm³/mol. The molecule has 4 nitrogen and oxygen atoms in total. The summed E-state index contributed by atoms with van der Waals surface area (Å²) in [6.45, 7) is 3.64. The highest BCUT2D eigenvalue weighted by atomic mass is 32.2. The molecule has 2 aromatic carbocycles. The molecule has 0 aliphatic rings. The molecule has 0 aromatic heterocycles. The maximum Gasteiger partial charge on any atom is 0.180 e. The van der Waals surface area contributed by atoms with E-state index < -0.39 is 15.1 Å². The van der Waals surface area contributed by atoms with Crippen LogP contribution in [0.1, 0.15) is 19.4 Å². The molecule has 2 N–H and O–H groups in total. The van der Waals surface area contributed by atoms with Crippen molar-refractivity contribution >= 4 is 15.5 Å². The number of anilines is 1. The molecule has 0 bridgehead atoms. The third-order valence-corrected chi connectivity index (χ3v) is 5.32. The zero-order valence-corrected chi connectivity index (χ0v) is 12.9. The van der Waals surface area contributed by atoms with Crippen molar-refractivity contribution in [3.63, 3.8) is 0 Å². The minimum atomic E-state index is -3.33. The lowest BCUT2D eigenvalue weighted by molar-refractivity contribution is 0.307. The fourth-order valence-electron chi connectivity index (χ4n) is 1.82. The number of nitrogens with two attached hydrogens (primary N) is 1. The Morgan fingerprint density at radius 1 is 1.10 bits per heavy atom. The minimum absolute atomic E-state index is 0.231. The Hall–Kier alpha value is -2.01. The summed E-state index contributed by atoms with van der Waals surface area (Å²) in [6, 6.07) is 14.2. The van der Waals surface area contributed by atoms with Gasteiger partial charge in [0.15, 0.2) is 9.84 Å². The van der Waals surface area contributed by atoms with Gasteiger partial charge in [-0.15, -0.1) is 0 Å². The van der Waals surface area contributed by atoms with Crippen LogP contribution in [0, 0.1) is 0 Å². The second-order valence-corrected chi connectivity index (χ2v) is 7.57. The van der Waals surface area contributed by atoms with Crippen molar-refractivity contribution in [3.8, 4) is 5.75 Å². The Balaban J connectivity index is 2.24. The highest BCUT2D eigenvalue weighted by molar-refractivity contribution is 7.92. The van der Waals surface area contributed by atoms with Crippen LogP contribution in [-0.2, 0) is 16.4 Å². The molecule has 0 radical (unpaired) electrons. The maximum atomic E-state index is 12.2. The number of benzene rings is 2. The first kappa shape index (κ1) is 15.4. The molecule has 0 saturated heterocycles. The van der Waals surface area contributed by atoms with Gasteiger partial charge < -0.3 is 10.5 Å². The molecule has 0 aliphatic carbocycles. The molecule has 0 spiro atoms. The van der Waals surface area contributed by atoms with Crippen molar-refractivity contribution in [2.75, 3.05) is 5.73 Å². The van der Waals surface area contributed by atoms with Crippen molar-refractivity contribution in [1.82, 2.24) is 0 Å². The van der Waals surface area contributed by atoms with Gasteiger partial charge >= 0.3 is 0 Å². The lowest BCUT2D eigenvalue weighted by atomic mass is 10.2. The van der Waals surface area contributed by atoms with Gasteiger partial charge in [0.1, 0.15) is 12.4 Å². The SMILES string of the molecule is CC(C)S(=O)(=O)c1ccc(N)c(OCc2ccccc2)c1. The van der Waals surface area contributed by atoms with E-state index in [2.05, 4.69) is 0 Å². The molecule has 0 unspecified atom stereocenters. The summed E-state index contributed by atoms with van der Waals surface area (Å²) in [5.74, 6) is 0.389. The molecule has 5 heteroatoms. The van der Waals surface area contributed by atoms with E-state index in [4.69, 9.17) is 10.5 Å². The van der Waals surface area contributed by atoms with Crippen LogP contribution in [0.4, 0.5) is 5.69 Å². The zero-order chi connectivity index (χ0) is 15.5. The molecule has 0 amide bonds. The number of nitrogen functional groups attached to an aromatic ring is 1. The average Bonchev–Trinajstić information content (AvgIpc) is 2.47. The van der Waals surface area contributed by atoms with E-state index in [1.165, 1.54) is 12.1 Å². The normalized spacial score (nSPS) is 11.6. The summed E-state index contributed by atoms with van der Waals surface area (Å²) >= 11 is 0. The van der Waals surface area contributed by atoms with E-state index in [0.717, 1.165) is 5.56 Å². The summed E-state index contributed by atoms with van der Waals surface area (Å²) in [7, 11) is -3.33. The van der Waals surface area contributed by atoms with Crippen LogP contribution in [0.15, 0.2) is 53.4 Å². The van der Waals surface area contributed by atoms with Crippen LogP contribution in [0.2, 0.25) is 0 Å². The average molecular weight is 305 g/mol. The van der Waals surface area contributed by atoms with Crippen LogP contribution < -0.4 is 10.5 Å². The molecule has 0 heterocycles. The topological polar surface area (TPSA) is 69.4 Å². The minimum Gasteiger partial charge on any atom is -0.487 e. The molecule has 21 heavy (non-hydrogen) atoms. The summed E-state index contributed by atoms with van der Waals surface area (Å²) in [5.41, 5.74) is 7.27. The van der Waals surface area contributed by atoms with Crippen molar-refractivity contribution in [3.05, 3.63) is 54.1 Å². The lowest BCUT2D eigenvalue weighted by Crippen LogP contribution is -2.14. The quantitative estimate of drug-likeness (QED) is 0.862. The van der Waals surface area contributed by atoms with Gasteiger partial charge in [0, 0.05) is 6.07 Å². The fourth-order valence-corrected chi connectivity index (χ4v) is 2.90. The number of ether oxygens (including phenoxy) is 1. The van der Waals surface area contributed by atoms with E-state index in [0.29, 0.717) is 18.0 Å². The molecule has 0 atom stereocenters. The standard InChI is InChI=1S/C16H19NO3S/c1-12(2)21(18,19)14-8-9-15(17)16(10-14)20-11-13-6-4-3-5-7-13/h3-10,12H,11,17H2,1-2H3. The van der Waals surface area contributed by atoms with Gasteiger partial charge in [-0.1, -0.05) is 30.3 Å². The lowest BCUT2D eigenvalue weighted by Gasteiger charge is -2.12. The monoisotopic (exact) mass is 305 g/mol. The first-order valence-electron chi connectivity index (χ1n) is 6.71. The molecule has 2 rings (SSSR count). The predicted octanol–water partition coefficient (Wildman–Crippen LogP) is 3.03. The summed E-state index contributed by atoms with van der Waals surface area (Å²) < 4.78 is 30.0. The smallest absolute Gasteiger partial charge is 0.180 e. The number of sulfone groups is 1. The van der Waals surface area contributed by atoms with Gasteiger partial charge in [0.2, 0.25) is 0 Å².